The van der Waals surface area contributed by atoms with Gasteiger partial charge in [0.2, 0.25) is 0 Å². The van der Waals surface area contributed by atoms with E-state index in [9.17, 15) is 9.90 Å². The van der Waals surface area contributed by atoms with E-state index < -0.39 is 0 Å². The van der Waals surface area contributed by atoms with E-state index in [2.05, 4.69) is 24.1 Å². The summed E-state index contributed by atoms with van der Waals surface area (Å²) in [4.78, 5) is 19.9. The third kappa shape index (κ3) is 4.47. The van der Waals surface area contributed by atoms with E-state index in [1.165, 1.54) is 10.4 Å². The lowest BCUT2D eigenvalue weighted by Crippen LogP contribution is -2.41. The quantitative estimate of drug-likeness (QED) is 0.580. The molecule has 2 heterocycles. The van der Waals surface area contributed by atoms with Gasteiger partial charge < -0.3 is 10.4 Å². The average Bonchev–Trinajstić information content (AvgIpc) is 3.11. The third-order valence-electron chi connectivity index (χ3n) is 5.91. The number of thiophene rings is 1. The monoisotopic (exact) mass is 445 g/mol. The Morgan fingerprint density at radius 3 is 2.93 bits per heavy atom. The maximum Gasteiger partial charge on any atom is 0.262 e. The molecule has 1 aromatic carbocycles. The Hall–Kier alpha value is -1.73. The fourth-order valence-electron chi connectivity index (χ4n) is 3.95. The second-order valence-corrected chi connectivity index (χ2v) is 10.4. The molecular formula is C23H28ClN3O2S. The van der Waals surface area contributed by atoms with Crippen LogP contribution in [0.3, 0.4) is 0 Å². The van der Waals surface area contributed by atoms with Crippen LogP contribution in [0.15, 0.2) is 35.4 Å². The zero-order valence-corrected chi connectivity index (χ0v) is 19.0. The molecule has 0 fully saturated rings. The molecule has 160 valence electrons. The fourth-order valence-corrected chi connectivity index (χ4v) is 5.44. The Morgan fingerprint density at radius 1 is 1.37 bits per heavy atom. The second kappa shape index (κ2) is 8.79. The van der Waals surface area contributed by atoms with Gasteiger partial charge in [0, 0.05) is 41.1 Å². The lowest BCUT2D eigenvalue weighted by atomic mass is 9.90. The Morgan fingerprint density at radius 2 is 2.17 bits per heavy atom. The molecule has 0 spiro atoms. The van der Waals surface area contributed by atoms with Crippen molar-refractivity contribution >= 4 is 33.2 Å². The highest BCUT2D eigenvalue weighted by Gasteiger charge is 2.26. The highest BCUT2D eigenvalue weighted by atomic mass is 35.5. The van der Waals surface area contributed by atoms with E-state index in [1.54, 1.807) is 22.2 Å². The maximum absolute atomic E-state index is 13.2. The number of aliphatic hydroxyl groups is 1. The number of fused-ring (bicyclic) bond motifs is 3. The molecule has 0 radical (unpaired) electrons. The number of rotatable bonds is 7. The van der Waals surface area contributed by atoms with Crippen LogP contribution in [0.2, 0.25) is 5.02 Å². The smallest absolute Gasteiger partial charge is 0.262 e. The minimum absolute atomic E-state index is 0.0531. The molecular weight excluding hydrogens is 418 g/mol. The number of nitrogens with zero attached hydrogens (tertiary/aromatic N) is 2. The van der Waals surface area contributed by atoms with Crippen LogP contribution in [-0.4, -0.2) is 33.9 Å². The van der Waals surface area contributed by atoms with Gasteiger partial charge >= 0.3 is 0 Å². The summed E-state index contributed by atoms with van der Waals surface area (Å²) in [6.07, 6.45) is 5.16. The van der Waals surface area contributed by atoms with E-state index >= 15 is 0 Å². The Labute approximate surface area is 185 Å². The minimum Gasteiger partial charge on any atom is -0.396 e. The number of benzene rings is 1. The fraction of sp³-hybridized carbons (Fsp3) is 0.478. The van der Waals surface area contributed by atoms with Gasteiger partial charge in [-0.1, -0.05) is 43.6 Å². The van der Waals surface area contributed by atoms with Gasteiger partial charge in [-0.2, -0.15) is 0 Å². The Bertz CT molecular complexity index is 1110. The van der Waals surface area contributed by atoms with Gasteiger partial charge in [-0.15, -0.1) is 11.3 Å². The number of nitrogens with one attached hydrogen (secondary N) is 1. The molecule has 1 unspecified atom stereocenters. The van der Waals surface area contributed by atoms with Gasteiger partial charge in [0.1, 0.15) is 4.83 Å². The minimum atomic E-state index is -0.128. The number of hydrogen-bond acceptors (Lipinski definition) is 5. The van der Waals surface area contributed by atoms with E-state index in [0.29, 0.717) is 19.0 Å². The van der Waals surface area contributed by atoms with Crippen LogP contribution >= 0.6 is 22.9 Å². The number of aromatic nitrogens is 2. The zero-order chi connectivity index (χ0) is 21.3. The summed E-state index contributed by atoms with van der Waals surface area (Å²) < 4.78 is 1.72. The first-order chi connectivity index (χ1) is 14.4. The first-order valence-corrected chi connectivity index (χ1v) is 11.6. The largest absolute Gasteiger partial charge is 0.396 e. The van der Waals surface area contributed by atoms with Gasteiger partial charge in [-0.3, -0.25) is 9.36 Å². The van der Waals surface area contributed by atoms with Crippen molar-refractivity contribution in [1.82, 2.24) is 14.9 Å². The van der Waals surface area contributed by atoms with Gasteiger partial charge in [0.15, 0.2) is 0 Å². The van der Waals surface area contributed by atoms with Gasteiger partial charge in [0.25, 0.3) is 5.56 Å². The SMILES string of the molecule is CC(C)(CO)CNC1CCc2c(sc3ncn(CCc4ccccc4Cl)c(=O)c23)C1. The molecule has 3 aromatic rings. The van der Waals surface area contributed by atoms with Crippen LogP contribution in [0.5, 0.6) is 0 Å². The van der Waals surface area contributed by atoms with Crippen molar-refractivity contribution < 1.29 is 5.11 Å². The molecule has 0 saturated carbocycles. The van der Waals surface area contributed by atoms with Crippen LogP contribution in [-0.2, 0) is 25.8 Å². The standard InChI is InChI=1S/C23H28ClN3O2S/c1-23(2,13-28)12-25-16-7-8-17-19(11-16)30-21-20(17)22(29)27(14-26-21)10-9-15-5-3-4-6-18(15)24/h3-6,14,16,25,28H,7-13H2,1-2H3. The molecule has 1 atom stereocenters. The Balaban J connectivity index is 1.53. The Kier molecular flexibility index (Phi) is 6.30. The molecule has 2 N–H and O–H groups in total. The van der Waals surface area contributed by atoms with Gasteiger partial charge in [0.05, 0.1) is 11.7 Å². The molecule has 2 aromatic heterocycles. The third-order valence-corrected chi connectivity index (χ3v) is 7.44. The van der Waals surface area contributed by atoms with Gasteiger partial charge in [-0.05, 0) is 42.9 Å². The van der Waals surface area contributed by atoms with E-state index in [-0.39, 0.29) is 17.6 Å². The average molecular weight is 446 g/mol. The molecule has 7 heteroatoms. The molecule has 0 amide bonds. The second-order valence-electron chi connectivity index (χ2n) is 8.91. The summed E-state index contributed by atoms with van der Waals surface area (Å²) in [6.45, 7) is 5.63. The summed E-state index contributed by atoms with van der Waals surface area (Å²) in [5, 5.41) is 14.6. The molecule has 0 saturated heterocycles. The van der Waals surface area contributed by atoms with Crippen molar-refractivity contribution in [2.24, 2.45) is 5.41 Å². The van der Waals surface area contributed by atoms with Crippen molar-refractivity contribution in [2.45, 2.75) is 52.1 Å². The van der Waals surface area contributed by atoms with Crippen LogP contribution in [0, 0.1) is 5.41 Å². The van der Waals surface area contributed by atoms with E-state index in [0.717, 1.165) is 46.6 Å². The highest BCUT2D eigenvalue weighted by molar-refractivity contribution is 7.18. The first kappa shape index (κ1) is 21.5. The predicted molar refractivity (Wildman–Crippen MR) is 124 cm³/mol. The van der Waals surface area contributed by atoms with Crippen LogP contribution < -0.4 is 10.9 Å². The lowest BCUT2D eigenvalue weighted by molar-refractivity contribution is 0.152. The van der Waals surface area contributed by atoms with Crippen molar-refractivity contribution in [3.63, 3.8) is 0 Å². The number of aryl methyl sites for hydroxylation is 3. The first-order valence-electron chi connectivity index (χ1n) is 10.5. The topological polar surface area (TPSA) is 67.2 Å². The van der Waals surface area contributed by atoms with Crippen LogP contribution in [0.25, 0.3) is 10.2 Å². The number of halogens is 1. The van der Waals surface area contributed by atoms with Crippen molar-refractivity contribution in [1.29, 1.82) is 0 Å². The van der Waals surface area contributed by atoms with Crippen molar-refractivity contribution in [3.8, 4) is 0 Å². The summed E-state index contributed by atoms with van der Waals surface area (Å²) in [6, 6.07) is 8.13. The van der Waals surface area contributed by atoms with Crippen molar-refractivity contribution in [3.05, 3.63) is 62.0 Å². The molecule has 1 aliphatic carbocycles. The summed E-state index contributed by atoms with van der Waals surface area (Å²) in [7, 11) is 0. The van der Waals surface area contributed by atoms with Crippen molar-refractivity contribution in [2.75, 3.05) is 13.2 Å². The van der Waals surface area contributed by atoms with E-state index in [4.69, 9.17) is 11.6 Å². The normalized spacial score (nSPS) is 16.7. The number of aliphatic hydroxyl groups excluding tert-OH is 1. The summed E-state index contributed by atoms with van der Waals surface area (Å²) in [5.41, 5.74) is 2.15. The molecule has 4 rings (SSSR count). The highest BCUT2D eigenvalue weighted by Crippen LogP contribution is 2.34. The van der Waals surface area contributed by atoms with Gasteiger partial charge in [-0.25, -0.2) is 4.98 Å². The molecule has 0 aliphatic heterocycles. The molecule has 30 heavy (non-hydrogen) atoms. The predicted octanol–water partition coefficient (Wildman–Crippen LogP) is 3.82. The van der Waals surface area contributed by atoms with E-state index in [1.807, 2.05) is 24.3 Å². The zero-order valence-electron chi connectivity index (χ0n) is 17.4. The maximum atomic E-state index is 13.2. The molecule has 1 aliphatic rings. The number of hydrogen-bond donors (Lipinski definition) is 2. The lowest BCUT2D eigenvalue weighted by Gasteiger charge is -2.28. The molecule has 5 nitrogen and oxygen atoms in total. The van der Waals surface area contributed by atoms with Crippen LogP contribution in [0.4, 0.5) is 0 Å². The molecule has 0 bridgehead atoms. The summed E-state index contributed by atoms with van der Waals surface area (Å²) in [5.74, 6) is 0. The van der Waals surface area contributed by atoms with Crippen LogP contribution in [0.1, 0.15) is 36.3 Å². The summed E-state index contributed by atoms with van der Waals surface area (Å²) >= 11 is 7.91.